The van der Waals surface area contributed by atoms with Crippen molar-refractivity contribution in [3.05, 3.63) is 48.6 Å². The van der Waals surface area contributed by atoms with Crippen molar-refractivity contribution in [3.63, 3.8) is 0 Å². The van der Waals surface area contributed by atoms with Gasteiger partial charge in [-0.1, -0.05) is 243 Å². The Labute approximate surface area is 403 Å². The molecule has 0 aromatic rings. The topological polar surface area (TPSA) is 78.9 Å². The molecule has 0 spiro atoms. The summed E-state index contributed by atoms with van der Waals surface area (Å²) in [5.74, 6) is -0.909. The van der Waals surface area contributed by atoms with Gasteiger partial charge >= 0.3 is 17.9 Å². The second-order valence-corrected chi connectivity index (χ2v) is 18.8. The molecule has 1 atom stereocenters. The Morgan fingerprint density at radius 2 is 0.600 bits per heavy atom. The van der Waals surface area contributed by atoms with E-state index < -0.39 is 6.10 Å². The van der Waals surface area contributed by atoms with Crippen LogP contribution in [-0.4, -0.2) is 37.2 Å². The van der Waals surface area contributed by atoms with E-state index in [0.717, 1.165) is 96.3 Å². The van der Waals surface area contributed by atoms with E-state index in [1.165, 1.54) is 154 Å². The second kappa shape index (κ2) is 54.0. The van der Waals surface area contributed by atoms with Gasteiger partial charge in [-0.15, -0.1) is 0 Å². The molecule has 0 aliphatic rings. The molecule has 0 aromatic carbocycles. The summed E-state index contributed by atoms with van der Waals surface area (Å²) in [6, 6.07) is 0. The molecule has 0 rings (SSSR count). The first-order valence-corrected chi connectivity index (χ1v) is 28.1. The maximum Gasteiger partial charge on any atom is 0.306 e. The summed E-state index contributed by atoms with van der Waals surface area (Å²) in [7, 11) is 0. The largest absolute Gasteiger partial charge is 0.462 e. The van der Waals surface area contributed by atoms with Crippen LogP contribution in [-0.2, 0) is 28.6 Å². The number of allylic oxidation sites excluding steroid dienone is 8. The molecule has 0 fully saturated rings. The third kappa shape index (κ3) is 52.2. The Kier molecular flexibility index (Phi) is 51.8. The molecule has 0 aliphatic heterocycles. The molecule has 378 valence electrons. The normalized spacial score (nSPS) is 12.4. The van der Waals surface area contributed by atoms with Gasteiger partial charge < -0.3 is 14.2 Å². The van der Waals surface area contributed by atoms with Crippen LogP contribution in [0.3, 0.4) is 0 Å². The van der Waals surface area contributed by atoms with Gasteiger partial charge in [0.05, 0.1) is 0 Å². The fourth-order valence-corrected chi connectivity index (χ4v) is 8.10. The average molecular weight is 911 g/mol. The van der Waals surface area contributed by atoms with Crippen LogP contribution in [0.5, 0.6) is 0 Å². The fourth-order valence-electron chi connectivity index (χ4n) is 8.10. The minimum absolute atomic E-state index is 0.0830. The molecule has 6 heteroatoms. The first-order chi connectivity index (χ1) is 32.0. The van der Waals surface area contributed by atoms with Gasteiger partial charge in [0, 0.05) is 19.3 Å². The summed E-state index contributed by atoms with van der Waals surface area (Å²) in [6.45, 7) is 6.52. The Hall–Kier alpha value is -2.63. The van der Waals surface area contributed by atoms with Crippen molar-refractivity contribution < 1.29 is 28.6 Å². The molecular formula is C59H106O6. The maximum absolute atomic E-state index is 12.8. The average Bonchev–Trinajstić information content (AvgIpc) is 3.30. The van der Waals surface area contributed by atoms with E-state index in [2.05, 4.69) is 69.4 Å². The van der Waals surface area contributed by atoms with E-state index in [0.29, 0.717) is 19.3 Å². The number of unbranched alkanes of at least 4 members (excludes halogenated alkanes) is 32. The lowest BCUT2D eigenvalue weighted by Crippen LogP contribution is -2.30. The van der Waals surface area contributed by atoms with E-state index >= 15 is 0 Å². The molecular weight excluding hydrogens is 805 g/mol. The molecule has 0 radical (unpaired) electrons. The first kappa shape index (κ1) is 62.4. The van der Waals surface area contributed by atoms with Crippen molar-refractivity contribution in [2.45, 2.75) is 297 Å². The molecule has 0 amide bonds. The minimum atomic E-state index is -0.787. The monoisotopic (exact) mass is 911 g/mol. The highest BCUT2D eigenvalue weighted by Crippen LogP contribution is 2.16. The van der Waals surface area contributed by atoms with Crippen LogP contribution in [0.2, 0.25) is 0 Å². The molecule has 1 unspecified atom stereocenters. The van der Waals surface area contributed by atoms with Crippen LogP contribution < -0.4 is 0 Å². The van der Waals surface area contributed by atoms with Crippen molar-refractivity contribution >= 4 is 17.9 Å². The zero-order valence-corrected chi connectivity index (χ0v) is 43.3. The quantitative estimate of drug-likeness (QED) is 0.0262. The predicted octanol–water partition coefficient (Wildman–Crippen LogP) is 18.7. The van der Waals surface area contributed by atoms with Crippen LogP contribution in [0.25, 0.3) is 0 Å². The van der Waals surface area contributed by atoms with Gasteiger partial charge in [0.2, 0.25) is 0 Å². The summed E-state index contributed by atoms with van der Waals surface area (Å²) in [4.78, 5) is 38.1. The zero-order valence-electron chi connectivity index (χ0n) is 43.3. The molecule has 0 aliphatic carbocycles. The number of ether oxygens (including phenoxy) is 3. The molecule has 65 heavy (non-hydrogen) atoms. The third-order valence-electron chi connectivity index (χ3n) is 12.3. The highest BCUT2D eigenvalue weighted by atomic mass is 16.6. The van der Waals surface area contributed by atoms with Crippen molar-refractivity contribution in [1.29, 1.82) is 0 Å². The number of carbonyl (C=O) groups is 3. The van der Waals surface area contributed by atoms with E-state index in [4.69, 9.17) is 14.2 Å². The maximum atomic E-state index is 12.8. The first-order valence-electron chi connectivity index (χ1n) is 28.1. The molecule has 0 N–H and O–H groups in total. The van der Waals surface area contributed by atoms with Crippen molar-refractivity contribution in [3.8, 4) is 0 Å². The summed E-state index contributed by atoms with van der Waals surface area (Å²) in [5.41, 5.74) is 0. The lowest BCUT2D eigenvalue weighted by atomic mass is 10.0. The van der Waals surface area contributed by atoms with Crippen LogP contribution in [0.15, 0.2) is 48.6 Å². The Bertz CT molecular complexity index is 1140. The van der Waals surface area contributed by atoms with Gasteiger partial charge in [-0.05, 0) is 77.0 Å². The van der Waals surface area contributed by atoms with Gasteiger partial charge in [-0.3, -0.25) is 14.4 Å². The predicted molar refractivity (Wildman–Crippen MR) is 279 cm³/mol. The Morgan fingerprint density at radius 3 is 0.969 bits per heavy atom. The van der Waals surface area contributed by atoms with Crippen LogP contribution in [0, 0.1) is 0 Å². The zero-order chi connectivity index (χ0) is 47.2. The van der Waals surface area contributed by atoms with E-state index in [1.807, 2.05) is 0 Å². The summed E-state index contributed by atoms with van der Waals surface area (Å²) >= 11 is 0. The van der Waals surface area contributed by atoms with Crippen LogP contribution in [0.4, 0.5) is 0 Å². The van der Waals surface area contributed by atoms with Gasteiger partial charge in [-0.2, -0.15) is 0 Å². The number of carbonyl (C=O) groups excluding carboxylic acids is 3. The minimum Gasteiger partial charge on any atom is -0.462 e. The highest BCUT2D eigenvalue weighted by Gasteiger charge is 2.19. The second-order valence-electron chi connectivity index (χ2n) is 18.8. The Morgan fingerprint density at radius 1 is 0.323 bits per heavy atom. The van der Waals surface area contributed by atoms with Crippen LogP contribution >= 0.6 is 0 Å². The number of hydrogen-bond donors (Lipinski definition) is 0. The summed E-state index contributed by atoms with van der Waals surface area (Å²) in [5, 5.41) is 0. The lowest BCUT2D eigenvalue weighted by molar-refractivity contribution is -0.167. The molecule has 0 heterocycles. The van der Waals surface area contributed by atoms with E-state index in [-0.39, 0.29) is 31.1 Å². The number of esters is 3. The van der Waals surface area contributed by atoms with Gasteiger partial charge in [0.1, 0.15) is 13.2 Å². The van der Waals surface area contributed by atoms with Crippen molar-refractivity contribution in [2.75, 3.05) is 13.2 Å². The van der Waals surface area contributed by atoms with Crippen molar-refractivity contribution in [2.24, 2.45) is 0 Å². The van der Waals surface area contributed by atoms with Gasteiger partial charge in [0.15, 0.2) is 6.10 Å². The molecule has 0 saturated carbocycles. The van der Waals surface area contributed by atoms with Crippen LogP contribution in [0.1, 0.15) is 290 Å². The van der Waals surface area contributed by atoms with E-state index in [1.54, 1.807) is 0 Å². The summed E-state index contributed by atoms with van der Waals surface area (Å²) in [6.07, 6.45) is 65.3. The highest BCUT2D eigenvalue weighted by molar-refractivity contribution is 5.71. The summed E-state index contributed by atoms with van der Waals surface area (Å²) < 4.78 is 16.8. The molecule has 0 saturated heterocycles. The third-order valence-corrected chi connectivity index (χ3v) is 12.3. The molecule has 6 nitrogen and oxygen atoms in total. The van der Waals surface area contributed by atoms with Gasteiger partial charge in [0.25, 0.3) is 0 Å². The van der Waals surface area contributed by atoms with E-state index in [9.17, 15) is 14.4 Å². The standard InChI is InChI=1S/C59H106O6/c1-4-7-10-13-16-19-22-25-27-29-30-32-34-37-40-43-46-49-52-58(61)64-55-56(54-63-57(60)51-48-45-42-39-36-33-24-21-18-15-12-9-6-3)65-59(62)53-50-47-44-41-38-35-31-28-26-23-20-17-14-11-8-5-2/h9,12,18,21,28,31,33,36,56H,4-8,10-11,13-17,19-20,22-27,29-30,32,34-35,37-55H2,1-3H3/b12-9-,21-18-,31-28-,36-33-. The smallest absolute Gasteiger partial charge is 0.306 e. The fraction of sp³-hybridized carbons (Fsp3) is 0.814. The van der Waals surface area contributed by atoms with Crippen molar-refractivity contribution in [1.82, 2.24) is 0 Å². The lowest BCUT2D eigenvalue weighted by Gasteiger charge is -2.18. The number of hydrogen-bond acceptors (Lipinski definition) is 6. The molecule has 0 aromatic heterocycles. The number of rotatable bonds is 51. The Balaban J connectivity index is 4.37. The molecule has 0 bridgehead atoms. The van der Waals surface area contributed by atoms with Gasteiger partial charge in [-0.25, -0.2) is 0 Å². The SMILES string of the molecule is CC/C=C\C/C=C\C/C=C\CCCCCC(=O)OCC(COC(=O)CCCCCCCCCCCCCCCCCCCC)OC(=O)CCCCCCC/C=C\CCCCCCCCC.